The molecule has 0 aromatic rings. The van der Waals surface area contributed by atoms with Crippen LogP contribution in [0, 0.1) is 0 Å². The van der Waals surface area contributed by atoms with E-state index in [4.69, 9.17) is 5.73 Å². The zero-order valence-electron chi connectivity index (χ0n) is 6.26. The van der Waals surface area contributed by atoms with Crippen molar-refractivity contribution in [2.45, 2.75) is 0 Å². The molecule has 0 spiro atoms. The van der Waals surface area contributed by atoms with E-state index in [1.807, 2.05) is 0 Å². The number of nitrogens with one attached hydrogen (secondary N) is 1. The Kier molecular flexibility index (Phi) is 4.92. The summed E-state index contributed by atoms with van der Waals surface area (Å²) in [6.45, 7) is 0.617. The van der Waals surface area contributed by atoms with Crippen molar-refractivity contribution < 1.29 is 4.21 Å². The van der Waals surface area contributed by atoms with Crippen LogP contribution in [0.15, 0.2) is 4.99 Å². The van der Waals surface area contributed by atoms with Gasteiger partial charge in [-0.3, -0.25) is 9.20 Å². The summed E-state index contributed by atoms with van der Waals surface area (Å²) >= 11 is 0. The van der Waals surface area contributed by atoms with E-state index in [1.165, 1.54) is 0 Å². The van der Waals surface area contributed by atoms with Gasteiger partial charge in [0, 0.05) is 36.4 Å². The Bertz CT molecular complexity index is 146. The van der Waals surface area contributed by atoms with Gasteiger partial charge in [0.05, 0.1) is 0 Å². The molecule has 0 aliphatic rings. The first-order chi connectivity index (χ1) is 4.66. The zero-order valence-corrected chi connectivity index (χ0v) is 7.07. The molecule has 0 amide bonds. The fraction of sp³-hybridized carbons (Fsp3) is 0.800. The standard InChI is InChI=1S/C5H13N3OS/c1-7-5(6)8-3-4-10(2)9/h3-4H2,1-2H3,(H3,6,7,8). The number of hydrogen-bond acceptors (Lipinski definition) is 2. The quantitative estimate of drug-likeness (QED) is 0.410. The first-order valence-corrected chi connectivity index (χ1v) is 4.65. The topological polar surface area (TPSA) is 67.5 Å². The monoisotopic (exact) mass is 163 g/mol. The van der Waals surface area contributed by atoms with Crippen LogP contribution in [0.4, 0.5) is 0 Å². The smallest absolute Gasteiger partial charge is 0.188 e. The molecule has 4 nitrogen and oxygen atoms in total. The summed E-state index contributed by atoms with van der Waals surface area (Å²) in [6.07, 6.45) is 1.65. The molecular weight excluding hydrogens is 150 g/mol. The van der Waals surface area contributed by atoms with Gasteiger partial charge in [-0.2, -0.15) is 0 Å². The maximum atomic E-state index is 10.5. The molecule has 0 radical (unpaired) electrons. The summed E-state index contributed by atoms with van der Waals surface area (Å²) in [7, 11) is 0.845. The largest absolute Gasteiger partial charge is 0.370 e. The molecule has 0 heterocycles. The highest BCUT2D eigenvalue weighted by Gasteiger charge is 1.90. The Morgan fingerprint density at radius 3 is 2.80 bits per heavy atom. The summed E-state index contributed by atoms with van der Waals surface area (Å²) in [6, 6.07) is 0. The lowest BCUT2D eigenvalue weighted by Crippen LogP contribution is -2.34. The minimum atomic E-state index is -0.757. The minimum Gasteiger partial charge on any atom is -0.370 e. The van der Waals surface area contributed by atoms with Crippen LogP contribution in [0.2, 0.25) is 0 Å². The first-order valence-electron chi connectivity index (χ1n) is 2.93. The summed E-state index contributed by atoms with van der Waals surface area (Å²) < 4.78 is 10.5. The van der Waals surface area contributed by atoms with Crippen LogP contribution in [0.3, 0.4) is 0 Å². The van der Waals surface area contributed by atoms with Crippen molar-refractivity contribution in [1.82, 2.24) is 5.32 Å². The zero-order chi connectivity index (χ0) is 7.98. The third-order valence-electron chi connectivity index (χ3n) is 0.937. The molecular formula is C5H13N3OS. The van der Waals surface area contributed by atoms with Crippen LogP contribution in [-0.4, -0.2) is 35.8 Å². The average molecular weight is 163 g/mol. The van der Waals surface area contributed by atoms with Crippen LogP contribution in [-0.2, 0) is 10.8 Å². The fourth-order valence-corrected chi connectivity index (χ4v) is 0.791. The predicted molar refractivity (Wildman–Crippen MR) is 44.5 cm³/mol. The van der Waals surface area contributed by atoms with E-state index in [-0.39, 0.29) is 0 Å². The lowest BCUT2D eigenvalue weighted by molar-refractivity contribution is 0.685. The molecule has 1 atom stereocenters. The highest BCUT2D eigenvalue weighted by atomic mass is 32.2. The van der Waals surface area contributed by atoms with E-state index in [1.54, 1.807) is 13.3 Å². The number of guanidine groups is 1. The normalized spacial score (nSPS) is 14.8. The molecule has 0 fully saturated rings. The van der Waals surface area contributed by atoms with E-state index in [0.717, 1.165) is 0 Å². The van der Waals surface area contributed by atoms with E-state index >= 15 is 0 Å². The van der Waals surface area contributed by atoms with Gasteiger partial charge in [0.15, 0.2) is 5.96 Å². The Labute approximate surface area is 63.4 Å². The number of rotatable bonds is 3. The molecule has 10 heavy (non-hydrogen) atoms. The SMILES string of the molecule is CN=C(N)NCCS(C)=O. The molecule has 0 bridgehead atoms. The number of nitrogens with two attached hydrogens (primary N) is 1. The Balaban J connectivity index is 3.29. The van der Waals surface area contributed by atoms with Gasteiger partial charge in [0.25, 0.3) is 0 Å². The molecule has 0 aliphatic carbocycles. The van der Waals surface area contributed by atoms with Gasteiger partial charge in [0.1, 0.15) is 0 Å². The molecule has 0 rings (SSSR count). The van der Waals surface area contributed by atoms with E-state index < -0.39 is 10.8 Å². The lowest BCUT2D eigenvalue weighted by Gasteiger charge is -2.01. The molecule has 0 saturated carbocycles. The molecule has 3 N–H and O–H groups in total. The van der Waals surface area contributed by atoms with Crippen LogP contribution >= 0.6 is 0 Å². The Morgan fingerprint density at radius 2 is 2.40 bits per heavy atom. The number of hydrogen-bond donors (Lipinski definition) is 2. The van der Waals surface area contributed by atoms with Crippen molar-refractivity contribution in [3.63, 3.8) is 0 Å². The first kappa shape index (κ1) is 9.42. The highest BCUT2D eigenvalue weighted by molar-refractivity contribution is 7.84. The predicted octanol–water partition coefficient (Wildman–Crippen LogP) is -1.10. The van der Waals surface area contributed by atoms with Crippen molar-refractivity contribution in [3.8, 4) is 0 Å². The van der Waals surface area contributed by atoms with Crippen LogP contribution in [0.25, 0.3) is 0 Å². The average Bonchev–Trinajstić information content (AvgIpc) is 1.87. The third kappa shape index (κ3) is 5.55. The molecule has 0 aliphatic heterocycles. The second-order valence-corrected chi connectivity index (χ2v) is 3.37. The second kappa shape index (κ2) is 5.22. The highest BCUT2D eigenvalue weighted by Crippen LogP contribution is 1.70. The maximum Gasteiger partial charge on any atom is 0.188 e. The minimum absolute atomic E-state index is 0.394. The second-order valence-electron chi connectivity index (χ2n) is 1.81. The lowest BCUT2D eigenvalue weighted by atomic mass is 10.7. The molecule has 1 unspecified atom stereocenters. The van der Waals surface area contributed by atoms with Crippen LogP contribution in [0.5, 0.6) is 0 Å². The van der Waals surface area contributed by atoms with Crippen molar-refractivity contribution in [2.24, 2.45) is 10.7 Å². The third-order valence-corrected chi connectivity index (χ3v) is 1.72. The number of nitrogens with zero attached hydrogens (tertiary/aromatic N) is 1. The Morgan fingerprint density at radius 1 is 1.80 bits per heavy atom. The molecule has 0 saturated heterocycles. The van der Waals surface area contributed by atoms with Gasteiger partial charge in [-0.25, -0.2) is 0 Å². The number of aliphatic imine (C=N–C) groups is 1. The van der Waals surface area contributed by atoms with Crippen molar-refractivity contribution in [3.05, 3.63) is 0 Å². The van der Waals surface area contributed by atoms with E-state index in [9.17, 15) is 4.21 Å². The summed E-state index contributed by atoms with van der Waals surface area (Å²) in [5.41, 5.74) is 5.30. The maximum absolute atomic E-state index is 10.5. The summed E-state index contributed by atoms with van der Waals surface area (Å²) in [4.78, 5) is 3.67. The van der Waals surface area contributed by atoms with Gasteiger partial charge >= 0.3 is 0 Å². The molecule has 60 valence electrons. The van der Waals surface area contributed by atoms with E-state index in [0.29, 0.717) is 18.3 Å². The van der Waals surface area contributed by atoms with Crippen molar-refractivity contribution >= 4 is 16.8 Å². The van der Waals surface area contributed by atoms with Gasteiger partial charge < -0.3 is 11.1 Å². The van der Waals surface area contributed by atoms with Crippen molar-refractivity contribution in [1.29, 1.82) is 0 Å². The Hall–Kier alpha value is -0.580. The van der Waals surface area contributed by atoms with E-state index in [2.05, 4.69) is 10.3 Å². The summed E-state index contributed by atoms with van der Waals surface area (Å²) in [5.74, 6) is 1.00. The van der Waals surface area contributed by atoms with Gasteiger partial charge in [0.2, 0.25) is 0 Å². The molecule has 0 aromatic heterocycles. The summed E-state index contributed by atoms with van der Waals surface area (Å²) in [5, 5.41) is 2.80. The van der Waals surface area contributed by atoms with Crippen LogP contribution in [0.1, 0.15) is 0 Å². The van der Waals surface area contributed by atoms with Gasteiger partial charge in [-0.15, -0.1) is 0 Å². The van der Waals surface area contributed by atoms with Gasteiger partial charge in [-0.1, -0.05) is 0 Å². The molecule has 5 heteroatoms. The van der Waals surface area contributed by atoms with Gasteiger partial charge in [-0.05, 0) is 0 Å². The molecule has 0 aromatic carbocycles. The fourth-order valence-electron chi connectivity index (χ4n) is 0.402. The van der Waals surface area contributed by atoms with Crippen molar-refractivity contribution in [2.75, 3.05) is 25.6 Å². The van der Waals surface area contributed by atoms with Crippen LogP contribution < -0.4 is 11.1 Å².